The Kier molecular flexibility index (Phi) is 7.88. The molecule has 1 aromatic carbocycles. The van der Waals surface area contributed by atoms with Crippen molar-refractivity contribution in [3.05, 3.63) is 35.4 Å². The Morgan fingerprint density at radius 2 is 1.87 bits per heavy atom. The molecule has 2 N–H and O–H groups in total. The number of nitrogens with one attached hydrogen (secondary N) is 1. The van der Waals surface area contributed by atoms with E-state index in [0.29, 0.717) is 6.54 Å². The van der Waals surface area contributed by atoms with Gasteiger partial charge in [0, 0.05) is 6.54 Å². The van der Waals surface area contributed by atoms with Crippen LogP contribution in [0.1, 0.15) is 49.8 Å². The number of halogens is 3. The van der Waals surface area contributed by atoms with Crippen LogP contribution in [0.25, 0.3) is 0 Å². The Labute approximate surface area is 133 Å². The van der Waals surface area contributed by atoms with Gasteiger partial charge in [0.25, 0.3) is 0 Å². The first-order valence-electron chi connectivity index (χ1n) is 7.60. The molecule has 0 spiro atoms. The van der Waals surface area contributed by atoms with E-state index in [1.54, 1.807) is 0 Å². The zero-order chi connectivity index (χ0) is 17.3. The summed E-state index contributed by atoms with van der Waals surface area (Å²) in [5.41, 5.74) is -0.534. The van der Waals surface area contributed by atoms with Crippen molar-refractivity contribution in [2.75, 3.05) is 13.2 Å². The lowest BCUT2D eigenvalue weighted by Gasteiger charge is -2.13. The Bertz CT molecular complexity index is 474. The summed E-state index contributed by atoms with van der Waals surface area (Å²) in [6.07, 6.45) is -2.16. The minimum atomic E-state index is -4.42. The maximum Gasteiger partial charge on any atom is 0.416 e. The Balaban J connectivity index is 2.33. The van der Waals surface area contributed by atoms with Crippen molar-refractivity contribution >= 4 is 6.09 Å². The molecule has 0 aliphatic rings. The molecule has 0 aliphatic heterocycles. The second-order valence-corrected chi connectivity index (χ2v) is 5.22. The van der Waals surface area contributed by atoms with Crippen LogP contribution in [0, 0.1) is 0 Å². The fourth-order valence-corrected chi connectivity index (χ4v) is 1.94. The molecule has 1 rings (SSSR count). The van der Waals surface area contributed by atoms with Crippen LogP contribution >= 0.6 is 0 Å². The lowest BCUT2D eigenvalue weighted by atomic mass is 10.1. The number of hydrogen-bond acceptors (Lipinski definition) is 3. The van der Waals surface area contributed by atoms with E-state index in [0.717, 1.165) is 37.8 Å². The van der Waals surface area contributed by atoms with Crippen molar-refractivity contribution in [2.24, 2.45) is 0 Å². The number of carbonyl (C=O) groups is 1. The van der Waals surface area contributed by atoms with Gasteiger partial charge in [-0.05, 0) is 24.1 Å². The van der Waals surface area contributed by atoms with Crippen molar-refractivity contribution in [1.82, 2.24) is 5.32 Å². The van der Waals surface area contributed by atoms with Crippen molar-refractivity contribution in [3.63, 3.8) is 0 Å². The smallest absolute Gasteiger partial charge is 0.416 e. The van der Waals surface area contributed by atoms with Gasteiger partial charge in [0.05, 0.1) is 5.56 Å². The van der Waals surface area contributed by atoms with Crippen LogP contribution in [0.3, 0.4) is 0 Å². The molecule has 130 valence electrons. The summed E-state index contributed by atoms with van der Waals surface area (Å²) in [5, 5.41) is 12.4. The zero-order valence-electron chi connectivity index (χ0n) is 13.0. The molecule has 0 heterocycles. The van der Waals surface area contributed by atoms with Crippen LogP contribution in [0.5, 0.6) is 0 Å². The van der Waals surface area contributed by atoms with Gasteiger partial charge in [-0.1, -0.05) is 38.3 Å². The van der Waals surface area contributed by atoms with Crippen molar-refractivity contribution < 1.29 is 27.8 Å². The van der Waals surface area contributed by atoms with E-state index in [2.05, 4.69) is 12.2 Å². The van der Waals surface area contributed by atoms with E-state index in [4.69, 9.17) is 4.74 Å². The molecule has 1 amide bonds. The molecule has 1 unspecified atom stereocenters. The highest BCUT2D eigenvalue weighted by atomic mass is 19.4. The number of benzene rings is 1. The normalized spacial score (nSPS) is 12.7. The van der Waals surface area contributed by atoms with E-state index in [1.807, 2.05) is 0 Å². The van der Waals surface area contributed by atoms with Crippen LogP contribution in [0.2, 0.25) is 0 Å². The third-order valence-electron chi connectivity index (χ3n) is 3.29. The van der Waals surface area contributed by atoms with Gasteiger partial charge in [-0.2, -0.15) is 13.2 Å². The highest BCUT2D eigenvalue weighted by molar-refractivity contribution is 5.67. The fourth-order valence-electron chi connectivity index (χ4n) is 1.94. The summed E-state index contributed by atoms with van der Waals surface area (Å²) in [7, 11) is 0. The summed E-state index contributed by atoms with van der Waals surface area (Å²) in [5.74, 6) is 0. The molecule has 0 fully saturated rings. The second-order valence-electron chi connectivity index (χ2n) is 5.22. The van der Waals surface area contributed by atoms with Gasteiger partial charge in [-0.25, -0.2) is 4.79 Å². The predicted octanol–water partition coefficient (Wildman–Crippen LogP) is 4.05. The Hall–Kier alpha value is -1.76. The largest absolute Gasteiger partial charge is 0.446 e. The summed E-state index contributed by atoms with van der Waals surface area (Å²) in [4.78, 5) is 11.4. The molecule has 0 bridgehead atoms. The number of alkyl carbamates (subject to hydrolysis) is 1. The van der Waals surface area contributed by atoms with Crippen molar-refractivity contribution in [1.29, 1.82) is 0 Å². The van der Waals surface area contributed by atoms with Crippen molar-refractivity contribution in [3.8, 4) is 0 Å². The topological polar surface area (TPSA) is 58.6 Å². The van der Waals surface area contributed by atoms with E-state index < -0.39 is 23.9 Å². The highest BCUT2D eigenvalue weighted by Gasteiger charge is 2.30. The third-order valence-corrected chi connectivity index (χ3v) is 3.29. The van der Waals surface area contributed by atoms with Gasteiger partial charge in [-0.3, -0.25) is 0 Å². The molecule has 0 saturated carbocycles. The summed E-state index contributed by atoms with van der Waals surface area (Å²) >= 11 is 0. The number of hydrogen-bond donors (Lipinski definition) is 2. The van der Waals surface area contributed by atoms with Gasteiger partial charge >= 0.3 is 12.3 Å². The number of aliphatic hydroxyl groups is 1. The van der Waals surface area contributed by atoms with Crippen LogP contribution in [-0.4, -0.2) is 24.4 Å². The van der Waals surface area contributed by atoms with Gasteiger partial charge in [0.1, 0.15) is 12.7 Å². The molecule has 7 heteroatoms. The van der Waals surface area contributed by atoms with E-state index >= 15 is 0 Å². The highest BCUT2D eigenvalue weighted by Crippen LogP contribution is 2.29. The molecule has 1 aromatic rings. The minimum Gasteiger partial charge on any atom is -0.446 e. The van der Waals surface area contributed by atoms with Gasteiger partial charge < -0.3 is 15.2 Å². The van der Waals surface area contributed by atoms with E-state index in [-0.39, 0.29) is 12.2 Å². The Morgan fingerprint density at radius 3 is 2.43 bits per heavy atom. The monoisotopic (exact) mass is 333 g/mol. The first-order valence-corrected chi connectivity index (χ1v) is 7.60. The second kappa shape index (κ2) is 9.39. The number of aliphatic hydroxyl groups excluding tert-OH is 1. The van der Waals surface area contributed by atoms with Gasteiger partial charge in [-0.15, -0.1) is 0 Å². The average Bonchev–Trinajstić information content (AvgIpc) is 2.51. The van der Waals surface area contributed by atoms with Crippen LogP contribution in [0.4, 0.5) is 18.0 Å². The van der Waals surface area contributed by atoms with Crippen LogP contribution in [-0.2, 0) is 10.9 Å². The summed E-state index contributed by atoms with van der Waals surface area (Å²) < 4.78 is 42.1. The molecule has 0 aliphatic carbocycles. The van der Waals surface area contributed by atoms with Gasteiger partial charge in [0.15, 0.2) is 0 Å². The molecule has 0 saturated heterocycles. The maximum absolute atomic E-state index is 12.4. The molecular weight excluding hydrogens is 311 g/mol. The first kappa shape index (κ1) is 19.3. The number of rotatable bonds is 8. The lowest BCUT2D eigenvalue weighted by Crippen LogP contribution is -2.27. The average molecular weight is 333 g/mol. The number of carbonyl (C=O) groups excluding carboxylic acids is 1. The minimum absolute atomic E-state index is 0.258. The summed E-state index contributed by atoms with van der Waals surface area (Å²) in [6.45, 7) is 2.27. The molecule has 1 atom stereocenters. The molecule has 23 heavy (non-hydrogen) atoms. The SMILES string of the molecule is CCCCCCNC(=O)OCC(O)c1ccc(C(F)(F)F)cc1. The molecular formula is C16H22F3NO3. The number of unbranched alkanes of at least 4 members (excludes halogenated alkanes) is 3. The molecule has 0 aromatic heterocycles. The third kappa shape index (κ3) is 7.36. The standard InChI is InChI=1S/C16H22F3NO3/c1-2-3-4-5-10-20-15(22)23-11-14(21)12-6-8-13(9-7-12)16(17,18)19/h6-9,14,21H,2-5,10-11H2,1H3,(H,20,22). The zero-order valence-corrected chi connectivity index (χ0v) is 13.0. The van der Waals surface area contributed by atoms with Crippen LogP contribution in [0.15, 0.2) is 24.3 Å². The van der Waals surface area contributed by atoms with Crippen molar-refractivity contribution in [2.45, 2.75) is 44.9 Å². The molecule has 4 nitrogen and oxygen atoms in total. The maximum atomic E-state index is 12.4. The fraction of sp³-hybridized carbons (Fsp3) is 0.562. The molecule has 0 radical (unpaired) electrons. The van der Waals surface area contributed by atoms with E-state index in [1.165, 1.54) is 12.1 Å². The number of ether oxygens (including phenoxy) is 1. The quantitative estimate of drug-likeness (QED) is 0.706. The summed E-state index contributed by atoms with van der Waals surface area (Å²) in [6, 6.07) is 4.09. The lowest BCUT2D eigenvalue weighted by molar-refractivity contribution is -0.137. The van der Waals surface area contributed by atoms with Gasteiger partial charge in [0.2, 0.25) is 0 Å². The first-order chi connectivity index (χ1) is 10.8. The van der Waals surface area contributed by atoms with Crippen LogP contribution < -0.4 is 5.32 Å². The van der Waals surface area contributed by atoms with E-state index in [9.17, 15) is 23.1 Å². The Morgan fingerprint density at radius 1 is 1.22 bits per heavy atom. The number of alkyl halides is 3. The number of amides is 1. The predicted molar refractivity (Wildman–Crippen MR) is 79.9 cm³/mol.